The summed E-state index contributed by atoms with van der Waals surface area (Å²) in [5.41, 5.74) is 4.32. The van der Waals surface area contributed by atoms with E-state index in [2.05, 4.69) is 12.2 Å². The zero-order chi connectivity index (χ0) is 15.7. The summed E-state index contributed by atoms with van der Waals surface area (Å²) in [5, 5.41) is 2.80. The Hall–Kier alpha value is -1.91. The largest absolute Gasteiger partial charge is 0.379 e. The molecule has 0 bridgehead atoms. The lowest BCUT2D eigenvalue weighted by Crippen LogP contribution is -2.17. The molecule has 0 unspecified atom stereocenters. The highest BCUT2D eigenvalue weighted by atomic mass is 19.1. The Kier molecular flexibility index (Phi) is 7.43. The fourth-order valence-corrected chi connectivity index (χ4v) is 1.97. The average Bonchev–Trinajstić information content (AvgIpc) is 2.43. The number of nitrogens with two attached hydrogens (primary N) is 1. The third kappa shape index (κ3) is 5.53. The van der Waals surface area contributed by atoms with Crippen molar-refractivity contribution in [3.63, 3.8) is 0 Å². The number of allylic oxidation sites excluding steroid dienone is 1. The van der Waals surface area contributed by atoms with Crippen molar-refractivity contribution in [1.29, 1.82) is 0 Å². The monoisotopic (exact) mass is 296 g/mol. The van der Waals surface area contributed by atoms with Crippen LogP contribution in [0.25, 0.3) is 0 Å². The van der Waals surface area contributed by atoms with Crippen molar-refractivity contribution < 1.29 is 13.6 Å². The minimum atomic E-state index is -1.11. The second kappa shape index (κ2) is 9.10. The van der Waals surface area contributed by atoms with Gasteiger partial charge in [-0.25, -0.2) is 8.78 Å². The summed E-state index contributed by atoms with van der Waals surface area (Å²) in [6, 6.07) is 2.28. The van der Waals surface area contributed by atoms with Gasteiger partial charge in [-0.15, -0.1) is 0 Å². The van der Waals surface area contributed by atoms with E-state index in [0.29, 0.717) is 6.54 Å². The zero-order valence-electron chi connectivity index (χ0n) is 12.3. The number of carbonyl (C=O) groups is 1. The van der Waals surface area contributed by atoms with Gasteiger partial charge in [-0.2, -0.15) is 0 Å². The molecule has 3 nitrogen and oxygen atoms in total. The van der Waals surface area contributed by atoms with Crippen molar-refractivity contribution in [3.05, 3.63) is 41.5 Å². The highest BCUT2D eigenvalue weighted by molar-refractivity contribution is 5.94. The van der Waals surface area contributed by atoms with Gasteiger partial charge in [-0.05, 0) is 25.0 Å². The van der Waals surface area contributed by atoms with Crippen molar-refractivity contribution in [2.24, 2.45) is 5.73 Å². The topological polar surface area (TPSA) is 55.1 Å². The smallest absolute Gasteiger partial charge is 0.254 e. The van der Waals surface area contributed by atoms with Crippen LogP contribution in [-0.4, -0.2) is 12.5 Å². The molecular formula is C16H22F2N2O. The summed E-state index contributed by atoms with van der Waals surface area (Å²) < 4.78 is 27.2. The van der Waals surface area contributed by atoms with Crippen molar-refractivity contribution in [2.45, 2.75) is 39.0 Å². The SMILES string of the molecule is CCCCCC/C=C\CNc1ccc(F)c(C(N)=O)c1F. The number of nitrogens with one attached hydrogen (secondary N) is 1. The number of anilines is 1. The fourth-order valence-electron chi connectivity index (χ4n) is 1.97. The van der Waals surface area contributed by atoms with Crippen LogP contribution in [0.15, 0.2) is 24.3 Å². The van der Waals surface area contributed by atoms with Crippen LogP contribution in [0.5, 0.6) is 0 Å². The molecule has 0 aliphatic carbocycles. The van der Waals surface area contributed by atoms with E-state index in [0.717, 1.165) is 18.9 Å². The van der Waals surface area contributed by atoms with Gasteiger partial charge in [0.2, 0.25) is 0 Å². The molecule has 0 heterocycles. The van der Waals surface area contributed by atoms with Crippen LogP contribution in [0.3, 0.4) is 0 Å². The standard InChI is InChI=1S/C16H22F2N2O/c1-2-3-4-5-6-7-8-11-20-13-10-9-12(17)14(15(13)18)16(19)21/h7-10,20H,2-6,11H2,1H3,(H2,19,21)/b8-7-. The molecule has 1 amide bonds. The van der Waals surface area contributed by atoms with Crippen LogP contribution >= 0.6 is 0 Å². The number of unbranched alkanes of at least 4 members (excludes halogenated alkanes) is 4. The molecule has 1 aromatic rings. The number of amides is 1. The molecule has 0 fully saturated rings. The molecule has 3 N–H and O–H groups in total. The summed E-state index contributed by atoms with van der Waals surface area (Å²) in [6.45, 7) is 2.58. The molecule has 0 saturated carbocycles. The van der Waals surface area contributed by atoms with Crippen LogP contribution in [0.1, 0.15) is 49.4 Å². The van der Waals surface area contributed by atoms with Gasteiger partial charge in [0.1, 0.15) is 11.4 Å². The third-order valence-corrected chi connectivity index (χ3v) is 3.14. The van der Waals surface area contributed by atoms with Crippen molar-refractivity contribution >= 4 is 11.6 Å². The minimum absolute atomic E-state index is 0.0702. The second-order valence-corrected chi connectivity index (χ2v) is 4.85. The number of hydrogen-bond acceptors (Lipinski definition) is 2. The molecule has 1 aromatic carbocycles. The first-order valence-electron chi connectivity index (χ1n) is 7.24. The van der Waals surface area contributed by atoms with Gasteiger partial charge < -0.3 is 11.1 Å². The number of halogens is 2. The summed E-state index contributed by atoms with van der Waals surface area (Å²) in [7, 11) is 0. The predicted octanol–water partition coefficient (Wildman–Crippen LogP) is 4.00. The lowest BCUT2D eigenvalue weighted by molar-refractivity contribution is 0.0992. The maximum atomic E-state index is 13.9. The maximum Gasteiger partial charge on any atom is 0.254 e. The van der Waals surface area contributed by atoms with Crippen molar-refractivity contribution in [2.75, 3.05) is 11.9 Å². The van der Waals surface area contributed by atoms with E-state index in [1.165, 1.54) is 25.3 Å². The number of carbonyl (C=O) groups excluding carboxylic acids is 1. The Balaban J connectivity index is 2.47. The molecule has 0 aliphatic rings. The quantitative estimate of drug-likeness (QED) is 0.534. The molecule has 1 rings (SSSR count). The molecule has 0 saturated heterocycles. The van der Waals surface area contributed by atoms with Crippen LogP contribution in [0, 0.1) is 11.6 Å². The lowest BCUT2D eigenvalue weighted by atomic mass is 10.1. The van der Waals surface area contributed by atoms with E-state index in [9.17, 15) is 13.6 Å². The normalized spacial score (nSPS) is 11.0. The van der Waals surface area contributed by atoms with E-state index in [-0.39, 0.29) is 5.69 Å². The molecular weight excluding hydrogens is 274 g/mol. The van der Waals surface area contributed by atoms with Gasteiger partial charge in [0, 0.05) is 6.54 Å². The average molecular weight is 296 g/mol. The van der Waals surface area contributed by atoms with E-state index >= 15 is 0 Å². The number of rotatable bonds is 9. The van der Waals surface area contributed by atoms with Crippen molar-refractivity contribution in [1.82, 2.24) is 0 Å². The molecule has 0 atom stereocenters. The highest BCUT2D eigenvalue weighted by Gasteiger charge is 2.17. The third-order valence-electron chi connectivity index (χ3n) is 3.14. The van der Waals surface area contributed by atoms with Gasteiger partial charge in [0.15, 0.2) is 5.82 Å². The molecule has 0 aromatic heterocycles. The Bertz CT molecular complexity index is 501. The number of hydrogen-bond donors (Lipinski definition) is 2. The van der Waals surface area contributed by atoms with Crippen molar-refractivity contribution in [3.8, 4) is 0 Å². The molecule has 116 valence electrons. The summed E-state index contributed by atoms with van der Waals surface area (Å²) in [6.07, 6.45) is 9.70. The molecule has 21 heavy (non-hydrogen) atoms. The number of benzene rings is 1. The minimum Gasteiger partial charge on any atom is -0.379 e. The van der Waals surface area contributed by atoms with Gasteiger partial charge in [-0.1, -0.05) is 38.3 Å². The summed E-state index contributed by atoms with van der Waals surface area (Å²) in [5.74, 6) is -3.00. The summed E-state index contributed by atoms with van der Waals surface area (Å²) >= 11 is 0. The van der Waals surface area contributed by atoms with E-state index < -0.39 is 23.1 Å². The van der Waals surface area contributed by atoms with Crippen LogP contribution in [0.4, 0.5) is 14.5 Å². The van der Waals surface area contributed by atoms with Gasteiger partial charge >= 0.3 is 0 Å². The summed E-state index contributed by atoms with van der Waals surface area (Å²) in [4.78, 5) is 11.0. The fraction of sp³-hybridized carbons (Fsp3) is 0.438. The van der Waals surface area contributed by atoms with Gasteiger partial charge in [0.25, 0.3) is 5.91 Å². The molecule has 0 aliphatic heterocycles. The maximum absolute atomic E-state index is 13.9. The van der Waals surface area contributed by atoms with Crippen LogP contribution in [-0.2, 0) is 0 Å². The van der Waals surface area contributed by atoms with E-state index in [1.807, 2.05) is 12.2 Å². The Labute approximate surface area is 124 Å². The molecule has 0 spiro atoms. The Morgan fingerprint density at radius 2 is 2.00 bits per heavy atom. The Morgan fingerprint density at radius 1 is 1.24 bits per heavy atom. The highest BCUT2D eigenvalue weighted by Crippen LogP contribution is 2.20. The predicted molar refractivity (Wildman–Crippen MR) is 81.3 cm³/mol. The van der Waals surface area contributed by atoms with Crippen LogP contribution in [0.2, 0.25) is 0 Å². The zero-order valence-corrected chi connectivity index (χ0v) is 12.3. The van der Waals surface area contributed by atoms with E-state index in [1.54, 1.807) is 0 Å². The molecule has 5 heteroatoms. The Morgan fingerprint density at radius 3 is 2.67 bits per heavy atom. The van der Waals surface area contributed by atoms with Gasteiger partial charge in [0.05, 0.1) is 5.69 Å². The first-order valence-corrected chi connectivity index (χ1v) is 7.24. The first kappa shape index (κ1) is 17.1. The number of primary amides is 1. The van der Waals surface area contributed by atoms with E-state index in [4.69, 9.17) is 5.73 Å². The molecule has 0 radical (unpaired) electrons. The lowest BCUT2D eigenvalue weighted by Gasteiger charge is -2.08. The first-order chi connectivity index (χ1) is 10.1. The van der Waals surface area contributed by atoms with Crippen LogP contribution < -0.4 is 11.1 Å². The second-order valence-electron chi connectivity index (χ2n) is 4.85. The van der Waals surface area contributed by atoms with Gasteiger partial charge in [-0.3, -0.25) is 4.79 Å².